The van der Waals surface area contributed by atoms with Crippen molar-refractivity contribution in [2.45, 2.75) is 37.9 Å². The average Bonchev–Trinajstić information content (AvgIpc) is 2.35. The summed E-state index contributed by atoms with van der Waals surface area (Å²) in [5, 5.41) is 0.301. The molecule has 2 aliphatic heterocycles. The third-order valence-corrected chi connectivity index (χ3v) is 7.12. The van der Waals surface area contributed by atoms with Crippen LogP contribution in [0.15, 0.2) is 11.6 Å². The van der Waals surface area contributed by atoms with Crippen LogP contribution in [0.25, 0.3) is 0 Å². The normalized spacial score (nSPS) is 42.3. The molecule has 4 heteroatoms. The molecule has 0 saturated carbocycles. The van der Waals surface area contributed by atoms with Crippen LogP contribution in [0.5, 0.6) is 0 Å². The first-order valence-corrected chi connectivity index (χ1v) is 7.33. The summed E-state index contributed by atoms with van der Waals surface area (Å²) < 4.78 is 5.89. The highest BCUT2D eigenvalue weighted by atomic mass is 33.1. The zero-order valence-corrected chi connectivity index (χ0v) is 10.2. The summed E-state index contributed by atoms with van der Waals surface area (Å²) in [6.45, 7) is 4.97. The van der Waals surface area contributed by atoms with E-state index in [0.717, 1.165) is 12.8 Å². The van der Waals surface area contributed by atoms with Crippen LogP contribution in [-0.4, -0.2) is 16.5 Å². The van der Waals surface area contributed by atoms with Crippen molar-refractivity contribution < 1.29 is 8.98 Å². The first-order valence-electron chi connectivity index (χ1n) is 4.85. The molecule has 0 N–H and O–H groups in total. The van der Waals surface area contributed by atoms with E-state index in [2.05, 4.69) is 19.9 Å². The molecule has 0 spiro atoms. The Morgan fingerprint density at radius 2 is 2.43 bits per heavy atom. The van der Waals surface area contributed by atoms with Gasteiger partial charge in [0.05, 0.1) is 6.42 Å². The number of rotatable bonds is 0. The number of carbonyl (C=O) groups is 1. The summed E-state index contributed by atoms with van der Waals surface area (Å²) in [4.78, 5) is 11.4. The van der Waals surface area contributed by atoms with Gasteiger partial charge < -0.3 is 0 Å². The molecule has 0 aromatic carbocycles. The SMILES string of the molecule is C/C1=C/CCC2(C)CC(=O)S[S+]2OC1. The van der Waals surface area contributed by atoms with Crippen LogP contribution >= 0.6 is 10.8 Å². The molecule has 0 aliphatic carbocycles. The van der Waals surface area contributed by atoms with E-state index >= 15 is 0 Å². The molecular weight excluding hydrogens is 216 g/mol. The molecule has 2 aliphatic rings. The van der Waals surface area contributed by atoms with Crippen LogP contribution in [0.4, 0.5) is 0 Å². The van der Waals surface area contributed by atoms with Gasteiger partial charge in [0.25, 0.3) is 0 Å². The molecule has 0 radical (unpaired) electrons. The van der Waals surface area contributed by atoms with Gasteiger partial charge in [0, 0.05) is 6.42 Å². The van der Waals surface area contributed by atoms with Crippen molar-refractivity contribution in [1.82, 2.24) is 0 Å². The second-order valence-electron chi connectivity index (χ2n) is 4.17. The van der Waals surface area contributed by atoms with Gasteiger partial charge in [-0.25, -0.2) is 0 Å². The van der Waals surface area contributed by atoms with E-state index in [4.69, 9.17) is 4.18 Å². The molecule has 2 rings (SSSR count). The molecule has 0 aromatic rings. The van der Waals surface area contributed by atoms with Crippen molar-refractivity contribution in [1.29, 1.82) is 0 Å². The van der Waals surface area contributed by atoms with E-state index in [9.17, 15) is 4.79 Å². The number of fused-ring (bicyclic) bond motifs is 1. The standard InChI is InChI=1S/C10H15O2S2/c1-8-4-3-5-10(2)6-9(11)13-14(10)12-7-8/h4H,3,5-7H2,1-2H3/q+1/b8-4-. The lowest BCUT2D eigenvalue weighted by molar-refractivity contribution is -0.111. The second kappa shape index (κ2) is 3.91. The highest BCUT2D eigenvalue weighted by Gasteiger charge is 2.57. The third kappa shape index (κ3) is 2.02. The van der Waals surface area contributed by atoms with Crippen LogP contribution in [0, 0.1) is 0 Å². The van der Waals surface area contributed by atoms with E-state index in [1.165, 1.54) is 16.4 Å². The Bertz CT molecular complexity index is 288. The minimum atomic E-state index is -0.204. The van der Waals surface area contributed by atoms with Crippen LogP contribution in [0.3, 0.4) is 0 Å². The Labute approximate surface area is 91.4 Å². The summed E-state index contributed by atoms with van der Waals surface area (Å²) in [5.74, 6) is 0. The fraction of sp³-hybridized carbons (Fsp3) is 0.700. The zero-order chi connectivity index (χ0) is 10.2. The quantitative estimate of drug-likeness (QED) is 0.364. The smallest absolute Gasteiger partial charge is 0.248 e. The summed E-state index contributed by atoms with van der Waals surface area (Å²) in [6, 6.07) is 0. The molecule has 0 bridgehead atoms. The van der Waals surface area contributed by atoms with Gasteiger partial charge >= 0.3 is 0 Å². The number of carbonyl (C=O) groups excluding carboxylic acids is 1. The van der Waals surface area contributed by atoms with E-state index in [0.29, 0.717) is 18.1 Å². The summed E-state index contributed by atoms with van der Waals surface area (Å²) in [6.07, 6.45) is 5.09. The molecule has 2 heterocycles. The Balaban J connectivity index is 2.15. The Morgan fingerprint density at radius 3 is 3.21 bits per heavy atom. The Morgan fingerprint density at radius 1 is 1.64 bits per heavy atom. The molecule has 2 nitrogen and oxygen atoms in total. The maximum absolute atomic E-state index is 11.4. The number of allylic oxidation sites excluding steroid dienone is 1. The largest absolute Gasteiger partial charge is 0.282 e. The van der Waals surface area contributed by atoms with Gasteiger partial charge in [0.1, 0.15) is 6.61 Å². The molecule has 1 fully saturated rings. The van der Waals surface area contributed by atoms with Crippen molar-refractivity contribution >= 4 is 26.1 Å². The van der Waals surface area contributed by atoms with Gasteiger partial charge in [-0.15, -0.1) is 0 Å². The fourth-order valence-electron chi connectivity index (χ4n) is 1.75. The lowest BCUT2D eigenvalue weighted by Crippen LogP contribution is -2.31. The summed E-state index contributed by atoms with van der Waals surface area (Å²) in [5.41, 5.74) is 1.29. The predicted octanol–water partition coefficient (Wildman–Crippen LogP) is 2.61. The lowest BCUT2D eigenvalue weighted by atomic mass is 10.0. The maximum Gasteiger partial charge on any atom is 0.248 e. The molecular formula is C10H15O2S2+. The van der Waals surface area contributed by atoms with Gasteiger partial charge in [0.2, 0.25) is 26.1 Å². The van der Waals surface area contributed by atoms with Crippen LogP contribution in [0.2, 0.25) is 0 Å². The molecule has 2 unspecified atom stereocenters. The van der Waals surface area contributed by atoms with Crippen molar-refractivity contribution in [3.05, 3.63) is 11.6 Å². The highest BCUT2D eigenvalue weighted by Crippen LogP contribution is 2.47. The summed E-state index contributed by atoms with van der Waals surface area (Å²) in [7, 11) is 1.21. The first kappa shape index (κ1) is 10.6. The van der Waals surface area contributed by atoms with Crippen molar-refractivity contribution in [2.24, 2.45) is 0 Å². The monoisotopic (exact) mass is 231 g/mol. The number of hydrogen-bond acceptors (Lipinski definition) is 3. The Kier molecular flexibility index (Phi) is 2.96. The molecule has 1 saturated heterocycles. The molecule has 14 heavy (non-hydrogen) atoms. The first-order chi connectivity index (χ1) is 6.60. The molecule has 0 aromatic heterocycles. The number of hydrogen-bond donors (Lipinski definition) is 0. The minimum absolute atomic E-state index is 0.0962. The Hall–Kier alpha value is 0.0700. The predicted molar refractivity (Wildman–Crippen MR) is 61.9 cm³/mol. The van der Waals surface area contributed by atoms with E-state index < -0.39 is 0 Å². The zero-order valence-electron chi connectivity index (χ0n) is 8.54. The van der Waals surface area contributed by atoms with E-state index in [1.807, 2.05) is 0 Å². The van der Waals surface area contributed by atoms with Crippen molar-refractivity contribution in [3.8, 4) is 0 Å². The van der Waals surface area contributed by atoms with E-state index in [1.54, 1.807) is 0 Å². The highest BCUT2D eigenvalue weighted by molar-refractivity contribution is 8.79. The van der Waals surface area contributed by atoms with Crippen LogP contribution in [0.1, 0.15) is 33.1 Å². The molecule has 0 amide bonds. The second-order valence-corrected chi connectivity index (χ2v) is 7.89. The van der Waals surface area contributed by atoms with Gasteiger partial charge in [-0.1, -0.05) is 6.08 Å². The van der Waals surface area contributed by atoms with Gasteiger partial charge in [-0.05, 0) is 25.8 Å². The van der Waals surface area contributed by atoms with Crippen molar-refractivity contribution in [2.75, 3.05) is 6.61 Å². The maximum atomic E-state index is 11.4. The van der Waals surface area contributed by atoms with Gasteiger partial charge in [0.15, 0.2) is 4.75 Å². The van der Waals surface area contributed by atoms with Crippen LogP contribution < -0.4 is 0 Å². The van der Waals surface area contributed by atoms with Crippen LogP contribution in [-0.2, 0) is 19.2 Å². The minimum Gasteiger partial charge on any atom is -0.282 e. The summed E-state index contributed by atoms with van der Waals surface area (Å²) >= 11 is 0. The lowest BCUT2D eigenvalue weighted by Gasteiger charge is -2.20. The topological polar surface area (TPSA) is 26.3 Å². The molecule has 78 valence electrons. The average molecular weight is 231 g/mol. The van der Waals surface area contributed by atoms with Gasteiger partial charge in [-0.2, -0.15) is 4.18 Å². The van der Waals surface area contributed by atoms with Crippen molar-refractivity contribution in [3.63, 3.8) is 0 Å². The fourth-order valence-corrected chi connectivity index (χ4v) is 5.75. The van der Waals surface area contributed by atoms with E-state index in [-0.39, 0.29) is 15.0 Å². The third-order valence-electron chi connectivity index (χ3n) is 2.65. The van der Waals surface area contributed by atoms with Gasteiger partial charge in [-0.3, -0.25) is 4.79 Å². The molecule has 2 atom stereocenters.